The first-order valence-corrected chi connectivity index (χ1v) is 17.3. The molecule has 0 aromatic heterocycles. The monoisotopic (exact) mass is 568 g/mol. The van der Waals surface area contributed by atoms with Crippen LogP contribution >= 0.6 is 0 Å². The van der Waals surface area contributed by atoms with E-state index in [4.69, 9.17) is 26.0 Å². The highest BCUT2D eigenvalue weighted by atomic mass is 28.4. The Morgan fingerprint density at radius 3 is 2.20 bits per heavy atom. The molecular formula is C31H52N6O2Si. The first-order valence-electron chi connectivity index (χ1n) is 15.2. The second-order valence-corrected chi connectivity index (χ2v) is 18.0. The fraction of sp³-hybridized carbons (Fsp3) is 0.645. The van der Waals surface area contributed by atoms with Gasteiger partial charge in [-0.2, -0.15) is 0 Å². The molecule has 4 rings (SSSR count). The van der Waals surface area contributed by atoms with E-state index < -0.39 is 8.32 Å². The van der Waals surface area contributed by atoms with Gasteiger partial charge in [0.25, 0.3) is 0 Å². The van der Waals surface area contributed by atoms with Crippen molar-refractivity contribution >= 4 is 14.3 Å². The third-order valence-corrected chi connectivity index (χ3v) is 15.3. The fourth-order valence-corrected chi connectivity index (χ4v) is 12.5. The highest BCUT2D eigenvalue weighted by molar-refractivity contribution is 6.77. The number of nitrogens with one attached hydrogen (secondary N) is 1. The van der Waals surface area contributed by atoms with Crippen LogP contribution in [-0.4, -0.2) is 74.5 Å². The quantitative estimate of drug-likeness (QED) is 0.211. The third-order valence-electron chi connectivity index (χ3n) is 9.19. The van der Waals surface area contributed by atoms with E-state index in [0.717, 1.165) is 69.1 Å². The number of hydrogen-bond acceptors (Lipinski definition) is 6. The smallest absolute Gasteiger partial charge is 0.200 e. The zero-order chi connectivity index (χ0) is 29.0. The van der Waals surface area contributed by atoms with Crippen LogP contribution in [0.15, 0.2) is 48.4 Å². The number of nitrogens with zero attached hydrogens (tertiary/aromatic N) is 3. The van der Waals surface area contributed by atoms with Crippen molar-refractivity contribution in [3.05, 3.63) is 59.5 Å². The number of benzene rings is 1. The minimum atomic E-state index is -1.84. The lowest BCUT2D eigenvalue weighted by molar-refractivity contribution is 0.0992. The van der Waals surface area contributed by atoms with Crippen molar-refractivity contribution in [3.8, 4) is 0 Å². The average molecular weight is 569 g/mol. The summed E-state index contributed by atoms with van der Waals surface area (Å²) in [6.45, 7) is 19.2. The molecule has 40 heavy (non-hydrogen) atoms. The van der Waals surface area contributed by atoms with E-state index >= 15 is 0 Å². The van der Waals surface area contributed by atoms with Gasteiger partial charge in [0.15, 0.2) is 14.3 Å². The van der Waals surface area contributed by atoms with E-state index in [1.165, 1.54) is 0 Å². The SMILES string of the molecule is CC(C)[Si](OCCN1CCN(C(=N)N2C=C(OC3CCC(N)c4ccccc43)C=CC2N)CC1)(C(C)C)C(C)C. The Morgan fingerprint density at radius 2 is 1.57 bits per heavy atom. The normalized spacial score (nSPS) is 24.1. The highest BCUT2D eigenvalue weighted by Crippen LogP contribution is 2.42. The van der Waals surface area contributed by atoms with Crippen molar-refractivity contribution in [2.45, 2.75) is 89.3 Å². The lowest BCUT2D eigenvalue weighted by atomic mass is 9.86. The molecule has 3 atom stereocenters. The molecule has 3 unspecified atom stereocenters. The summed E-state index contributed by atoms with van der Waals surface area (Å²) >= 11 is 0. The summed E-state index contributed by atoms with van der Waals surface area (Å²) in [7, 11) is -1.84. The molecule has 2 heterocycles. The summed E-state index contributed by atoms with van der Waals surface area (Å²) in [6, 6.07) is 8.34. The van der Waals surface area contributed by atoms with Gasteiger partial charge >= 0.3 is 0 Å². The highest BCUT2D eigenvalue weighted by Gasteiger charge is 2.45. The molecule has 0 bridgehead atoms. The summed E-state index contributed by atoms with van der Waals surface area (Å²) in [6.07, 6.45) is 7.05. The molecule has 0 radical (unpaired) electrons. The van der Waals surface area contributed by atoms with Gasteiger partial charge in [0.2, 0.25) is 0 Å². The van der Waals surface area contributed by atoms with Gasteiger partial charge < -0.3 is 25.5 Å². The topological polar surface area (TPSA) is 104 Å². The molecule has 5 N–H and O–H groups in total. The molecule has 0 saturated carbocycles. The molecule has 1 saturated heterocycles. The average Bonchev–Trinajstić information content (AvgIpc) is 2.93. The van der Waals surface area contributed by atoms with Gasteiger partial charge in [-0.25, -0.2) is 0 Å². The van der Waals surface area contributed by atoms with Crippen LogP contribution in [0.5, 0.6) is 0 Å². The van der Waals surface area contributed by atoms with Crippen LogP contribution in [-0.2, 0) is 9.16 Å². The molecule has 1 aromatic carbocycles. The number of fused-ring (bicyclic) bond motifs is 1. The maximum Gasteiger partial charge on any atom is 0.200 e. The molecule has 1 aliphatic carbocycles. The van der Waals surface area contributed by atoms with Gasteiger partial charge in [-0.3, -0.25) is 15.2 Å². The number of rotatable bonds is 9. The van der Waals surface area contributed by atoms with Crippen molar-refractivity contribution in [3.63, 3.8) is 0 Å². The number of nitrogens with two attached hydrogens (primary N) is 2. The van der Waals surface area contributed by atoms with Gasteiger partial charge in [0.05, 0.1) is 6.20 Å². The van der Waals surface area contributed by atoms with E-state index in [1.807, 2.05) is 35.4 Å². The lowest BCUT2D eigenvalue weighted by Gasteiger charge is -2.43. The summed E-state index contributed by atoms with van der Waals surface area (Å²) in [5.41, 5.74) is 16.9. The standard InChI is InChI=1S/C31H52N6O2Si/c1-22(2)40(23(3)4,24(5)6)38-20-19-35-15-17-36(18-16-35)31(34)37-21-25(11-14-30(37)33)39-29-13-12-28(32)26-9-7-8-10-27(26)29/h7-11,14,21-24,28-30,34H,12-13,15-20,32-33H2,1-6H3. The predicted molar refractivity (Wildman–Crippen MR) is 166 cm³/mol. The zero-order valence-electron chi connectivity index (χ0n) is 25.5. The minimum Gasteiger partial charge on any atom is -0.484 e. The number of guanidine groups is 1. The van der Waals surface area contributed by atoms with Gasteiger partial charge in [0, 0.05) is 45.4 Å². The maximum absolute atomic E-state index is 8.97. The lowest BCUT2D eigenvalue weighted by Crippen LogP contribution is -2.56. The second-order valence-electron chi connectivity index (χ2n) is 12.5. The number of piperazine rings is 1. The van der Waals surface area contributed by atoms with Crippen LogP contribution in [0.4, 0.5) is 0 Å². The Morgan fingerprint density at radius 1 is 0.950 bits per heavy atom. The van der Waals surface area contributed by atoms with Crippen LogP contribution in [0.25, 0.3) is 0 Å². The van der Waals surface area contributed by atoms with Gasteiger partial charge in [-0.1, -0.05) is 65.8 Å². The first kappa shape index (κ1) is 30.8. The van der Waals surface area contributed by atoms with Gasteiger partial charge in [0.1, 0.15) is 18.0 Å². The second kappa shape index (κ2) is 13.2. The van der Waals surface area contributed by atoms with E-state index in [9.17, 15) is 0 Å². The Bertz CT molecular complexity index is 1040. The van der Waals surface area contributed by atoms with Crippen LogP contribution in [0.1, 0.15) is 77.7 Å². The molecule has 8 nitrogen and oxygen atoms in total. The Kier molecular flexibility index (Phi) is 10.2. The first-order chi connectivity index (χ1) is 19.0. The minimum absolute atomic E-state index is 0.0492. The van der Waals surface area contributed by atoms with Crippen molar-refractivity contribution in [2.24, 2.45) is 11.5 Å². The van der Waals surface area contributed by atoms with E-state index in [-0.39, 0.29) is 18.3 Å². The number of ether oxygens (including phenoxy) is 1. The molecule has 9 heteroatoms. The maximum atomic E-state index is 8.97. The third kappa shape index (κ3) is 6.49. The van der Waals surface area contributed by atoms with E-state index in [1.54, 1.807) is 0 Å². The van der Waals surface area contributed by atoms with Crippen molar-refractivity contribution < 1.29 is 9.16 Å². The van der Waals surface area contributed by atoms with Gasteiger partial charge in [-0.05, 0) is 52.7 Å². The van der Waals surface area contributed by atoms with Gasteiger partial charge in [-0.15, -0.1) is 0 Å². The Hall–Kier alpha value is -2.17. The molecular weight excluding hydrogens is 516 g/mol. The number of allylic oxidation sites excluding steroid dienone is 1. The summed E-state index contributed by atoms with van der Waals surface area (Å²) < 4.78 is 13.2. The predicted octanol–water partition coefficient (Wildman–Crippen LogP) is 5.28. The number of hydrogen-bond donors (Lipinski definition) is 3. The van der Waals surface area contributed by atoms with Crippen molar-refractivity contribution in [1.29, 1.82) is 5.41 Å². The zero-order valence-corrected chi connectivity index (χ0v) is 26.5. The summed E-state index contributed by atoms with van der Waals surface area (Å²) in [4.78, 5) is 6.41. The van der Waals surface area contributed by atoms with E-state index in [0.29, 0.717) is 22.6 Å². The summed E-state index contributed by atoms with van der Waals surface area (Å²) in [5.74, 6) is 1.15. The van der Waals surface area contributed by atoms with Crippen LogP contribution in [0.3, 0.4) is 0 Å². The molecule has 222 valence electrons. The fourth-order valence-electron chi connectivity index (χ4n) is 7.09. The molecule has 3 aliphatic rings. The molecule has 2 aliphatic heterocycles. The van der Waals surface area contributed by atoms with Crippen LogP contribution in [0, 0.1) is 5.41 Å². The van der Waals surface area contributed by atoms with Crippen molar-refractivity contribution in [1.82, 2.24) is 14.7 Å². The van der Waals surface area contributed by atoms with E-state index in [2.05, 4.69) is 63.5 Å². The Balaban J connectivity index is 1.31. The van der Waals surface area contributed by atoms with Crippen LogP contribution < -0.4 is 11.5 Å². The van der Waals surface area contributed by atoms with Crippen LogP contribution in [0.2, 0.25) is 16.6 Å². The Labute approximate surface area is 243 Å². The molecule has 1 aromatic rings. The van der Waals surface area contributed by atoms with Crippen molar-refractivity contribution in [2.75, 3.05) is 39.3 Å². The summed E-state index contributed by atoms with van der Waals surface area (Å²) in [5, 5.41) is 8.97. The molecule has 0 spiro atoms. The largest absolute Gasteiger partial charge is 0.484 e. The molecule has 0 amide bonds. The molecule has 1 fully saturated rings.